The highest BCUT2D eigenvalue weighted by Crippen LogP contribution is 2.18. The number of aromatic nitrogens is 2. The maximum Gasteiger partial charge on any atom is 0.261 e. The molecule has 1 aromatic heterocycles. The summed E-state index contributed by atoms with van der Waals surface area (Å²) in [5, 5.41) is 0.241. The van der Waals surface area contributed by atoms with Crippen LogP contribution < -0.4 is 5.56 Å². The van der Waals surface area contributed by atoms with Crippen molar-refractivity contribution in [2.24, 2.45) is 0 Å². The summed E-state index contributed by atoms with van der Waals surface area (Å²) in [6.45, 7) is 2.29. The molecule has 2 atom stereocenters. The molecule has 0 fully saturated rings. The average Bonchev–Trinajstić information content (AvgIpc) is 2.40. The summed E-state index contributed by atoms with van der Waals surface area (Å²) in [7, 11) is -0.859. The highest BCUT2D eigenvalue weighted by atomic mass is 35.5. The number of fused-ring (bicyclic) bond motifs is 1. The molecule has 2 aromatic rings. The Morgan fingerprint density at radius 1 is 1.40 bits per heavy atom. The molecular weight excluding hydrogens is 296 g/mol. The van der Waals surface area contributed by atoms with Crippen LogP contribution in [0, 0.1) is 0 Å². The van der Waals surface area contributed by atoms with Gasteiger partial charge in [0.1, 0.15) is 5.82 Å². The smallest absolute Gasteiger partial charge is 0.261 e. The van der Waals surface area contributed by atoms with Crippen molar-refractivity contribution in [2.75, 3.05) is 12.0 Å². The summed E-state index contributed by atoms with van der Waals surface area (Å²) in [6, 6.07) is 7.25. The molecule has 2 unspecified atom stereocenters. The predicted octanol–water partition coefficient (Wildman–Crippen LogP) is 2.46. The zero-order chi connectivity index (χ0) is 14.7. The van der Waals surface area contributed by atoms with Gasteiger partial charge in [0, 0.05) is 29.4 Å². The van der Waals surface area contributed by atoms with Crippen LogP contribution in [0.2, 0.25) is 0 Å². The molecule has 0 saturated carbocycles. The number of alkyl halides is 1. The van der Waals surface area contributed by atoms with E-state index in [9.17, 15) is 9.00 Å². The van der Waals surface area contributed by atoms with Crippen LogP contribution >= 0.6 is 11.6 Å². The maximum absolute atomic E-state index is 12.5. The molecule has 1 aromatic carbocycles. The average molecular weight is 313 g/mol. The number of halogens is 1. The van der Waals surface area contributed by atoms with Crippen molar-refractivity contribution in [3.05, 3.63) is 40.4 Å². The third-order valence-electron chi connectivity index (χ3n) is 3.06. The Labute approximate surface area is 125 Å². The zero-order valence-corrected chi connectivity index (χ0v) is 13.1. The van der Waals surface area contributed by atoms with Crippen LogP contribution in [-0.4, -0.2) is 25.8 Å². The fourth-order valence-electron chi connectivity index (χ4n) is 2.13. The highest BCUT2D eigenvalue weighted by molar-refractivity contribution is 7.84. The molecular formula is C14H17ClN2O2S. The van der Waals surface area contributed by atoms with Gasteiger partial charge in [0.2, 0.25) is 0 Å². The summed E-state index contributed by atoms with van der Waals surface area (Å²) < 4.78 is 12.7. The quantitative estimate of drug-likeness (QED) is 0.797. The second-order valence-corrected chi connectivity index (χ2v) is 6.90. The fraction of sp³-hybridized carbons (Fsp3) is 0.429. The SMILES string of the molecule is CC(Cl)c1nc2ccccc2c(=O)n1CCCS(C)=O. The van der Waals surface area contributed by atoms with Gasteiger partial charge in [-0.3, -0.25) is 13.6 Å². The number of nitrogens with zero attached hydrogens (tertiary/aromatic N) is 2. The summed E-state index contributed by atoms with van der Waals surface area (Å²) in [5.41, 5.74) is 0.579. The Bertz CT molecular complexity index is 697. The summed E-state index contributed by atoms with van der Waals surface area (Å²) in [6.07, 6.45) is 2.33. The number of benzene rings is 1. The molecule has 0 N–H and O–H groups in total. The van der Waals surface area contributed by atoms with Gasteiger partial charge in [0.25, 0.3) is 5.56 Å². The molecule has 6 heteroatoms. The number of hydrogen-bond donors (Lipinski definition) is 0. The summed E-state index contributed by atoms with van der Waals surface area (Å²) in [4.78, 5) is 17.0. The van der Waals surface area contributed by atoms with Gasteiger partial charge in [-0.1, -0.05) is 12.1 Å². The summed E-state index contributed by atoms with van der Waals surface area (Å²) in [5.74, 6) is 1.13. The third kappa shape index (κ3) is 3.27. The van der Waals surface area contributed by atoms with E-state index in [1.54, 1.807) is 23.8 Å². The molecule has 0 aliphatic heterocycles. The Morgan fingerprint density at radius 2 is 2.10 bits per heavy atom. The van der Waals surface area contributed by atoms with E-state index < -0.39 is 10.8 Å². The lowest BCUT2D eigenvalue weighted by Gasteiger charge is -2.14. The number of hydrogen-bond acceptors (Lipinski definition) is 3. The molecule has 0 aliphatic carbocycles. The van der Waals surface area contributed by atoms with E-state index >= 15 is 0 Å². The van der Waals surface area contributed by atoms with E-state index in [1.807, 2.05) is 18.2 Å². The standard InChI is InChI=1S/C14H17ClN2O2S/c1-10(15)13-16-12-7-4-3-6-11(12)14(18)17(13)8-5-9-20(2)19/h3-4,6-7,10H,5,8-9H2,1-2H3. The van der Waals surface area contributed by atoms with Crippen LogP contribution in [0.4, 0.5) is 0 Å². The van der Waals surface area contributed by atoms with E-state index in [0.29, 0.717) is 35.4 Å². The Kier molecular flexibility index (Phi) is 4.94. The van der Waals surface area contributed by atoms with Gasteiger partial charge in [-0.2, -0.15) is 0 Å². The Hall–Kier alpha value is -1.20. The van der Waals surface area contributed by atoms with E-state index in [1.165, 1.54) is 0 Å². The molecule has 0 bridgehead atoms. The molecule has 0 saturated heterocycles. The monoisotopic (exact) mass is 312 g/mol. The number of rotatable bonds is 5. The lowest BCUT2D eigenvalue weighted by atomic mass is 10.2. The second kappa shape index (κ2) is 6.50. The van der Waals surface area contributed by atoms with Gasteiger partial charge < -0.3 is 0 Å². The molecule has 0 amide bonds. The first-order chi connectivity index (χ1) is 9.50. The minimum absolute atomic E-state index is 0.0833. The predicted molar refractivity (Wildman–Crippen MR) is 83.8 cm³/mol. The zero-order valence-electron chi connectivity index (χ0n) is 11.5. The van der Waals surface area contributed by atoms with E-state index in [4.69, 9.17) is 11.6 Å². The van der Waals surface area contributed by atoms with E-state index in [2.05, 4.69) is 4.98 Å². The molecule has 20 heavy (non-hydrogen) atoms. The van der Waals surface area contributed by atoms with E-state index in [0.717, 1.165) is 0 Å². The van der Waals surface area contributed by atoms with Crippen LogP contribution in [0.3, 0.4) is 0 Å². The van der Waals surface area contributed by atoms with Gasteiger partial charge in [-0.15, -0.1) is 11.6 Å². The lowest BCUT2D eigenvalue weighted by molar-refractivity contribution is 0.604. The normalized spacial score (nSPS) is 14.3. The Balaban J connectivity index is 2.49. The van der Waals surface area contributed by atoms with Crippen molar-refractivity contribution in [1.29, 1.82) is 0 Å². The van der Waals surface area contributed by atoms with E-state index in [-0.39, 0.29) is 10.9 Å². The molecule has 1 heterocycles. The summed E-state index contributed by atoms with van der Waals surface area (Å²) >= 11 is 6.14. The molecule has 108 valence electrons. The fourth-order valence-corrected chi connectivity index (χ4v) is 2.83. The molecule has 0 aliphatic rings. The van der Waals surface area contributed by atoms with Crippen molar-refractivity contribution >= 4 is 33.3 Å². The van der Waals surface area contributed by atoms with Gasteiger partial charge >= 0.3 is 0 Å². The van der Waals surface area contributed by atoms with Crippen molar-refractivity contribution in [3.63, 3.8) is 0 Å². The van der Waals surface area contributed by atoms with Crippen molar-refractivity contribution in [1.82, 2.24) is 9.55 Å². The van der Waals surface area contributed by atoms with Crippen LogP contribution in [0.5, 0.6) is 0 Å². The van der Waals surface area contributed by atoms with Gasteiger partial charge in [0.15, 0.2) is 0 Å². The molecule has 0 radical (unpaired) electrons. The largest absolute Gasteiger partial charge is 0.295 e. The third-order valence-corrected chi connectivity index (χ3v) is 4.12. The maximum atomic E-state index is 12.5. The van der Waals surface area contributed by atoms with Gasteiger partial charge in [-0.25, -0.2) is 4.98 Å². The van der Waals surface area contributed by atoms with Crippen LogP contribution in [0.1, 0.15) is 24.5 Å². The minimum Gasteiger partial charge on any atom is -0.295 e. The van der Waals surface area contributed by atoms with Crippen molar-refractivity contribution in [3.8, 4) is 0 Å². The second-order valence-electron chi connectivity index (χ2n) is 4.69. The molecule has 2 rings (SSSR count). The van der Waals surface area contributed by atoms with Crippen LogP contribution in [0.25, 0.3) is 10.9 Å². The minimum atomic E-state index is -0.859. The number of para-hydroxylation sites is 1. The van der Waals surface area contributed by atoms with Crippen molar-refractivity contribution in [2.45, 2.75) is 25.3 Å². The molecule has 0 spiro atoms. The first kappa shape index (κ1) is 15.2. The topological polar surface area (TPSA) is 52.0 Å². The van der Waals surface area contributed by atoms with Gasteiger partial charge in [-0.05, 0) is 25.5 Å². The molecule has 4 nitrogen and oxygen atoms in total. The van der Waals surface area contributed by atoms with Crippen LogP contribution in [0.15, 0.2) is 29.1 Å². The van der Waals surface area contributed by atoms with Crippen LogP contribution in [-0.2, 0) is 17.3 Å². The highest BCUT2D eigenvalue weighted by Gasteiger charge is 2.14. The lowest BCUT2D eigenvalue weighted by Crippen LogP contribution is -2.26. The van der Waals surface area contributed by atoms with Gasteiger partial charge in [0.05, 0.1) is 16.3 Å². The first-order valence-corrected chi connectivity index (χ1v) is 8.60. The van der Waals surface area contributed by atoms with Crippen molar-refractivity contribution < 1.29 is 4.21 Å². The Morgan fingerprint density at radius 3 is 2.75 bits per heavy atom. The first-order valence-electron chi connectivity index (χ1n) is 6.44.